The third kappa shape index (κ3) is 2.18. The third-order valence-electron chi connectivity index (χ3n) is 4.82. The Morgan fingerprint density at radius 2 is 2.24 bits per heavy atom. The second-order valence-corrected chi connectivity index (χ2v) is 6.03. The number of fused-ring (bicyclic) bond motifs is 1. The van der Waals surface area contributed by atoms with Gasteiger partial charge in [0.1, 0.15) is 0 Å². The minimum Gasteiger partial charge on any atom is -0.478 e. The van der Waals surface area contributed by atoms with E-state index < -0.39 is 5.97 Å². The number of hydrogen-bond donors (Lipinski definition) is 1. The fourth-order valence-electron chi connectivity index (χ4n) is 3.55. The summed E-state index contributed by atoms with van der Waals surface area (Å²) in [5.41, 5.74) is 2.07. The van der Waals surface area contributed by atoms with Crippen LogP contribution in [0, 0.1) is 17.3 Å². The second kappa shape index (κ2) is 4.32. The topological polar surface area (TPSA) is 37.3 Å². The second-order valence-electron chi connectivity index (χ2n) is 6.03. The molecule has 2 aliphatic carbocycles. The first-order valence-corrected chi connectivity index (χ1v) is 6.53. The zero-order valence-corrected chi connectivity index (χ0v) is 10.8. The largest absolute Gasteiger partial charge is 0.478 e. The first kappa shape index (κ1) is 12.4. The van der Waals surface area contributed by atoms with E-state index in [1.807, 2.05) is 6.08 Å². The zero-order chi connectivity index (χ0) is 12.6. The molecule has 0 aromatic heterocycles. The SMILES string of the molecule is C=C(C)[C@@H]1CC[C@@]2(C)CCC=C(C(=O)O)[C@@H]2C1. The van der Waals surface area contributed by atoms with Gasteiger partial charge in [-0.15, -0.1) is 0 Å². The van der Waals surface area contributed by atoms with Gasteiger partial charge >= 0.3 is 5.97 Å². The number of hydrogen-bond acceptors (Lipinski definition) is 1. The smallest absolute Gasteiger partial charge is 0.331 e. The first-order chi connectivity index (χ1) is 7.94. The number of carboxylic acids is 1. The van der Waals surface area contributed by atoms with Gasteiger partial charge in [-0.05, 0) is 56.3 Å². The molecule has 94 valence electrons. The van der Waals surface area contributed by atoms with Crippen molar-refractivity contribution in [1.29, 1.82) is 0 Å². The number of carbonyl (C=O) groups is 1. The lowest BCUT2D eigenvalue weighted by molar-refractivity contribution is -0.134. The molecule has 3 atom stereocenters. The minimum atomic E-state index is -0.719. The van der Waals surface area contributed by atoms with E-state index in [0.29, 0.717) is 11.5 Å². The summed E-state index contributed by atoms with van der Waals surface area (Å²) < 4.78 is 0. The summed E-state index contributed by atoms with van der Waals surface area (Å²) in [4.78, 5) is 11.3. The lowest BCUT2D eigenvalue weighted by Crippen LogP contribution is -2.39. The van der Waals surface area contributed by atoms with E-state index >= 15 is 0 Å². The molecule has 2 heteroatoms. The molecule has 0 aromatic rings. The Kier molecular flexibility index (Phi) is 3.15. The fraction of sp³-hybridized carbons (Fsp3) is 0.667. The van der Waals surface area contributed by atoms with Crippen LogP contribution in [0.15, 0.2) is 23.8 Å². The van der Waals surface area contributed by atoms with Gasteiger partial charge in [-0.2, -0.15) is 0 Å². The quantitative estimate of drug-likeness (QED) is 0.738. The van der Waals surface area contributed by atoms with Crippen molar-refractivity contribution in [3.8, 4) is 0 Å². The summed E-state index contributed by atoms with van der Waals surface area (Å²) in [6, 6.07) is 0. The number of carboxylic acid groups (broad SMARTS) is 1. The molecule has 0 heterocycles. The first-order valence-electron chi connectivity index (χ1n) is 6.53. The molecule has 1 saturated carbocycles. The van der Waals surface area contributed by atoms with Gasteiger partial charge in [0.25, 0.3) is 0 Å². The van der Waals surface area contributed by atoms with Crippen molar-refractivity contribution >= 4 is 5.97 Å². The summed E-state index contributed by atoms with van der Waals surface area (Å²) in [5, 5.41) is 9.33. The van der Waals surface area contributed by atoms with E-state index in [9.17, 15) is 9.90 Å². The van der Waals surface area contributed by atoms with E-state index in [-0.39, 0.29) is 11.3 Å². The van der Waals surface area contributed by atoms with Crippen molar-refractivity contribution < 1.29 is 9.90 Å². The molecule has 0 amide bonds. The molecule has 17 heavy (non-hydrogen) atoms. The highest BCUT2D eigenvalue weighted by Gasteiger charge is 2.44. The molecule has 0 saturated heterocycles. The molecule has 2 rings (SSSR count). The molecule has 0 aliphatic heterocycles. The molecule has 0 aromatic carbocycles. The Hall–Kier alpha value is -1.05. The van der Waals surface area contributed by atoms with E-state index in [1.165, 1.54) is 12.0 Å². The van der Waals surface area contributed by atoms with Crippen molar-refractivity contribution in [3.63, 3.8) is 0 Å². The van der Waals surface area contributed by atoms with Gasteiger partial charge in [0, 0.05) is 5.57 Å². The maximum absolute atomic E-state index is 11.3. The van der Waals surface area contributed by atoms with Crippen LogP contribution in [0.3, 0.4) is 0 Å². The average Bonchev–Trinajstić information content (AvgIpc) is 2.26. The van der Waals surface area contributed by atoms with Gasteiger partial charge in [-0.1, -0.05) is 25.2 Å². The molecule has 0 radical (unpaired) electrons. The number of rotatable bonds is 2. The van der Waals surface area contributed by atoms with E-state index in [1.54, 1.807) is 0 Å². The summed E-state index contributed by atoms with van der Waals surface area (Å²) in [7, 11) is 0. The molecule has 1 fully saturated rings. The van der Waals surface area contributed by atoms with Gasteiger partial charge in [-0.3, -0.25) is 0 Å². The number of aliphatic carboxylic acids is 1. The Morgan fingerprint density at radius 1 is 1.53 bits per heavy atom. The van der Waals surface area contributed by atoms with Crippen LogP contribution in [0.1, 0.15) is 46.0 Å². The Bertz CT molecular complexity index is 380. The maximum Gasteiger partial charge on any atom is 0.331 e. The summed E-state index contributed by atoms with van der Waals surface area (Å²) in [6.07, 6.45) is 7.29. The molecule has 2 aliphatic rings. The van der Waals surface area contributed by atoms with Gasteiger partial charge in [-0.25, -0.2) is 4.79 Å². The fourth-order valence-corrected chi connectivity index (χ4v) is 3.55. The van der Waals surface area contributed by atoms with Crippen molar-refractivity contribution in [3.05, 3.63) is 23.8 Å². The van der Waals surface area contributed by atoms with E-state index in [0.717, 1.165) is 25.7 Å². The highest BCUT2D eigenvalue weighted by Crippen LogP contribution is 2.53. The van der Waals surface area contributed by atoms with Gasteiger partial charge in [0.2, 0.25) is 0 Å². The molecular weight excluding hydrogens is 212 g/mol. The lowest BCUT2D eigenvalue weighted by atomic mass is 9.57. The highest BCUT2D eigenvalue weighted by atomic mass is 16.4. The normalized spacial score (nSPS) is 36.9. The standard InChI is InChI=1S/C15H22O2/c1-10(2)11-6-8-15(3)7-4-5-12(14(16)17)13(15)9-11/h5,11,13H,1,4,6-9H2,2-3H3,(H,16,17)/t11-,13+,15-/m1/s1. The maximum atomic E-state index is 11.3. The third-order valence-corrected chi connectivity index (χ3v) is 4.82. The summed E-state index contributed by atoms with van der Waals surface area (Å²) in [5.74, 6) is 0.0152. The monoisotopic (exact) mass is 234 g/mol. The van der Waals surface area contributed by atoms with Crippen LogP contribution in [-0.2, 0) is 4.79 Å². The lowest BCUT2D eigenvalue weighted by Gasteiger charge is -2.47. The minimum absolute atomic E-state index is 0.203. The molecule has 0 bridgehead atoms. The van der Waals surface area contributed by atoms with Crippen LogP contribution in [0.5, 0.6) is 0 Å². The average molecular weight is 234 g/mol. The predicted octanol–water partition coefficient (Wildman–Crippen LogP) is 3.79. The summed E-state index contributed by atoms with van der Waals surface area (Å²) >= 11 is 0. The van der Waals surface area contributed by atoms with Crippen molar-refractivity contribution in [1.82, 2.24) is 0 Å². The van der Waals surface area contributed by atoms with E-state index in [4.69, 9.17) is 0 Å². The number of allylic oxidation sites excluding steroid dienone is 2. The molecule has 0 spiro atoms. The van der Waals surface area contributed by atoms with Crippen molar-refractivity contribution in [2.75, 3.05) is 0 Å². The van der Waals surface area contributed by atoms with Crippen LogP contribution < -0.4 is 0 Å². The highest BCUT2D eigenvalue weighted by molar-refractivity contribution is 5.87. The Morgan fingerprint density at radius 3 is 2.82 bits per heavy atom. The molecule has 0 unspecified atom stereocenters. The zero-order valence-electron chi connectivity index (χ0n) is 10.8. The predicted molar refractivity (Wildman–Crippen MR) is 68.7 cm³/mol. The van der Waals surface area contributed by atoms with Crippen LogP contribution in [0.25, 0.3) is 0 Å². The van der Waals surface area contributed by atoms with Crippen LogP contribution in [0.2, 0.25) is 0 Å². The van der Waals surface area contributed by atoms with Gasteiger partial charge in [0.15, 0.2) is 0 Å². The molecule has 1 N–H and O–H groups in total. The van der Waals surface area contributed by atoms with Gasteiger partial charge in [0.05, 0.1) is 0 Å². The van der Waals surface area contributed by atoms with Crippen molar-refractivity contribution in [2.45, 2.75) is 46.0 Å². The van der Waals surface area contributed by atoms with Crippen molar-refractivity contribution in [2.24, 2.45) is 17.3 Å². The van der Waals surface area contributed by atoms with Crippen LogP contribution in [0.4, 0.5) is 0 Å². The van der Waals surface area contributed by atoms with E-state index in [2.05, 4.69) is 20.4 Å². The van der Waals surface area contributed by atoms with Gasteiger partial charge < -0.3 is 5.11 Å². The van der Waals surface area contributed by atoms with Crippen LogP contribution >= 0.6 is 0 Å². The van der Waals surface area contributed by atoms with Crippen LogP contribution in [-0.4, -0.2) is 11.1 Å². The molecule has 2 nitrogen and oxygen atoms in total. The Labute approximate surface area is 103 Å². The summed E-state index contributed by atoms with van der Waals surface area (Å²) in [6.45, 7) is 8.38. The molecular formula is C15H22O2. The Balaban J connectivity index is 2.27.